The van der Waals surface area contributed by atoms with Crippen LogP contribution in [0.3, 0.4) is 0 Å². The fourth-order valence-electron chi connectivity index (χ4n) is 4.80. The molecule has 2 bridgehead atoms. The first-order chi connectivity index (χ1) is 14.7. The maximum Gasteiger partial charge on any atom is 0.258 e. The average Bonchev–Trinajstić information content (AvgIpc) is 2.75. The van der Waals surface area contributed by atoms with Gasteiger partial charge in [-0.2, -0.15) is 0 Å². The lowest BCUT2D eigenvalue weighted by Crippen LogP contribution is -2.47. The molecule has 1 fully saturated rings. The molecular formula is C25H24ClN3O. The smallest absolute Gasteiger partial charge is 0.258 e. The summed E-state index contributed by atoms with van der Waals surface area (Å²) in [4.78, 5) is 20.1. The second-order valence-corrected chi connectivity index (χ2v) is 8.76. The van der Waals surface area contributed by atoms with E-state index in [1.165, 1.54) is 5.69 Å². The third-order valence-corrected chi connectivity index (χ3v) is 6.40. The summed E-state index contributed by atoms with van der Waals surface area (Å²) in [5.41, 5.74) is 4.16. The second-order valence-electron chi connectivity index (χ2n) is 8.33. The van der Waals surface area contributed by atoms with E-state index in [4.69, 9.17) is 11.6 Å². The Balaban J connectivity index is 1.37. The molecule has 2 aromatic heterocycles. The molecule has 30 heavy (non-hydrogen) atoms. The maximum atomic E-state index is 13.2. The van der Waals surface area contributed by atoms with Crippen LogP contribution in [0.1, 0.15) is 34.9 Å². The number of benzene rings is 1. The molecule has 4 nitrogen and oxygen atoms in total. The van der Waals surface area contributed by atoms with Crippen molar-refractivity contribution >= 4 is 23.8 Å². The lowest BCUT2D eigenvalue weighted by Gasteiger charge is -2.42. The fraction of sp³-hybridized carbons (Fsp3) is 0.280. The van der Waals surface area contributed by atoms with Gasteiger partial charge in [0.15, 0.2) is 0 Å². The molecule has 1 saturated heterocycles. The number of fused-ring (bicyclic) bond motifs is 4. The highest BCUT2D eigenvalue weighted by molar-refractivity contribution is 6.30. The fourth-order valence-corrected chi connectivity index (χ4v) is 4.92. The van der Waals surface area contributed by atoms with Crippen LogP contribution in [0, 0.1) is 5.92 Å². The van der Waals surface area contributed by atoms with Crippen LogP contribution in [0.15, 0.2) is 65.6 Å². The molecule has 152 valence electrons. The van der Waals surface area contributed by atoms with Crippen LogP contribution in [0.5, 0.6) is 0 Å². The van der Waals surface area contributed by atoms with E-state index in [0.717, 1.165) is 49.4 Å². The molecule has 2 aliphatic rings. The molecule has 5 rings (SSSR count). The summed E-state index contributed by atoms with van der Waals surface area (Å²) in [7, 11) is 0. The summed E-state index contributed by atoms with van der Waals surface area (Å²) >= 11 is 5.95. The van der Waals surface area contributed by atoms with E-state index in [0.29, 0.717) is 16.9 Å². The quantitative estimate of drug-likeness (QED) is 0.618. The third kappa shape index (κ3) is 3.98. The zero-order valence-electron chi connectivity index (χ0n) is 16.7. The number of piperidine rings is 1. The first-order valence-electron chi connectivity index (χ1n) is 10.5. The largest absolute Gasteiger partial charge is 0.311 e. The normalized spacial score (nSPS) is 21.0. The Morgan fingerprint density at radius 1 is 1.00 bits per heavy atom. The summed E-state index contributed by atoms with van der Waals surface area (Å²) in [6, 6.07) is 17.8. The molecule has 0 aliphatic carbocycles. The van der Waals surface area contributed by atoms with E-state index in [-0.39, 0.29) is 5.56 Å². The zero-order valence-corrected chi connectivity index (χ0v) is 17.5. The van der Waals surface area contributed by atoms with Crippen LogP contribution < -0.4 is 5.56 Å². The molecule has 0 N–H and O–H groups in total. The summed E-state index contributed by atoms with van der Waals surface area (Å²) in [5.74, 6) is 0.913. The maximum absolute atomic E-state index is 13.2. The van der Waals surface area contributed by atoms with Crippen molar-refractivity contribution < 1.29 is 0 Å². The number of nitrogens with zero attached hydrogens (tertiary/aromatic N) is 3. The molecule has 0 amide bonds. The minimum absolute atomic E-state index is 0.116. The number of aromatic nitrogens is 2. The average molecular weight is 418 g/mol. The SMILES string of the molecule is O=c1c(C=Cc2ccc(Cl)cc2)ccc2n1C[C@@H]1C[C@@H]2CN(Cc2ccccn2)C1. The van der Waals surface area contributed by atoms with Crippen molar-refractivity contribution in [3.8, 4) is 0 Å². The molecule has 0 radical (unpaired) electrons. The van der Waals surface area contributed by atoms with Gasteiger partial charge in [-0.25, -0.2) is 0 Å². The zero-order chi connectivity index (χ0) is 20.5. The van der Waals surface area contributed by atoms with E-state index in [9.17, 15) is 4.79 Å². The molecule has 5 heteroatoms. The number of rotatable bonds is 4. The highest BCUT2D eigenvalue weighted by Gasteiger charge is 2.34. The van der Waals surface area contributed by atoms with Gasteiger partial charge in [-0.15, -0.1) is 0 Å². The van der Waals surface area contributed by atoms with E-state index in [1.807, 2.05) is 65.4 Å². The predicted molar refractivity (Wildman–Crippen MR) is 121 cm³/mol. The van der Waals surface area contributed by atoms with E-state index in [2.05, 4.69) is 22.0 Å². The van der Waals surface area contributed by atoms with Crippen molar-refractivity contribution in [2.45, 2.75) is 25.4 Å². The number of halogens is 1. The third-order valence-electron chi connectivity index (χ3n) is 6.15. The minimum atomic E-state index is 0.116. The second kappa shape index (κ2) is 8.21. The predicted octanol–water partition coefficient (Wildman–Crippen LogP) is 4.69. The molecule has 1 aromatic carbocycles. The monoisotopic (exact) mass is 417 g/mol. The Morgan fingerprint density at radius 2 is 1.87 bits per heavy atom. The molecule has 2 atom stereocenters. The molecule has 0 spiro atoms. The number of likely N-dealkylation sites (tertiary alicyclic amines) is 1. The highest BCUT2D eigenvalue weighted by atomic mass is 35.5. The highest BCUT2D eigenvalue weighted by Crippen LogP contribution is 2.35. The Bertz CT molecular complexity index is 1120. The van der Waals surface area contributed by atoms with Gasteiger partial charge in [0.25, 0.3) is 5.56 Å². The van der Waals surface area contributed by atoms with E-state index >= 15 is 0 Å². The van der Waals surface area contributed by atoms with E-state index in [1.54, 1.807) is 0 Å². The van der Waals surface area contributed by atoms with Gasteiger partial charge in [0.05, 0.1) is 5.69 Å². The molecular weight excluding hydrogens is 394 g/mol. The van der Waals surface area contributed by atoms with Gasteiger partial charge in [0, 0.05) is 54.6 Å². The summed E-state index contributed by atoms with van der Waals surface area (Å²) in [5, 5.41) is 0.713. The number of hydrogen-bond donors (Lipinski definition) is 0. The van der Waals surface area contributed by atoms with Crippen LogP contribution in [-0.2, 0) is 13.1 Å². The standard InChI is InChI=1S/C25H24ClN3O/c26-22-9-5-18(6-10-22)4-7-20-8-11-24-21-13-19(15-29(24)25(20)30)14-28(16-21)17-23-3-1-2-12-27-23/h1-12,19,21H,13-17H2/t19-,21-/m1/s1. The summed E-state index contributed by atoms with van der Waals surface area (Å²) < 4.78 is 2.01. The summed E-state index contributed by atoms with van der Waals surface area (Å²) in [6.07, 6.45) is 6.90. The van der Waals surface area contributed by atoms with Gasteiger partial charge in [0.2, 0.25) is 0 Å². The molecule has 4 heterocycles. The van der Waals surface area contributed by atoms with Crippen molar-refractivity contribution in [1.29, 1.82) is 0 Å². The summed E-state index contributed by atoms with van der Waals surface area (Å²) in [6.45, 7) is 3.67. The topological polar surface area (TPSA) is 38.1 Å². The van der Waals surface area contributed by atoms with Gasteiger partial charge in [-0.1, -0.05) is 35.9 Å². The Morgan fingerprint density at radius 3 is 2.67 bits per heavy atom. The van der Waals surface area contributed by atoms with Crippen molar-refractivity contribution in [3.63, 3.8) is 0 Å². The number of pyridine rings is 2. The molecule has 0 unspecified atom stereocenters. The van der Waals surface area contributed by atoms with Crippen molar-refractivity contribution in [2.24, 2.45) is 5.92 Å². The van der Waals surface area contributed by atoms with Gasteiger partial charge in [-0.05, 0) is 60.4 Å². The Kier molecular flexibility index (Phi) is 5.28. The minimum Gasteiger partial charge on any atom is -0.311 e. The van der Waals surface area contributed by atoms with Gasteiger partial charge >= 0.3 is 0 Å². The van der Waals surface area contributed by atoms with Crippen LogP contribution in [-0.4, -0.2) is 27.5 Å². The van der Waals surface area contributed by atoms with Crippen molar-refractivity contribution in [2.75, 3.05) is 13.1 Å². The van der Waals surface area contributed by atoms with Crippen molar-refractivity contribution in [1.82, 2.24) is 14.5 Å². The first-order valence-corrected chi connectivity index (χ1v) is 10.8. The first kappa shape index (κ1) is 19.3. The Labute approximate surface area is 181 Å². The number of hydrogen-bond acceptors (Lipinski definition) is 3. The van der Waals surface area contributed by atoms with E-state index < -0.39 is 0 Å². The molecule has 3 aromatic rings. The van der Waals surface area contributed by atoms with Gasteiger partial charge < -0.3 is 4.57 Å². The van der Waals surface area contributed by atoms with Crippen LogP contribution in [0.2, 0.25) is 5.02 Å². The van der Waals surface area contributed by atoms with Crippen molar-refractivity contribution in [3.05, 3.63) is 98.7 Å². The van der Waals surface area contributed by atoms with Gasteiger partial charge in [0.1, 0.15) is 0 Å². The lowest BCUT2D eigenvalue weighted by atomic mass is 9.83. The van der Waals surface area contributed by atoms with Crippen LogP contribution in [0.4, 0.5) is 0 Å². The molecule has 2 aliphatic heterocycles. The van der Waals surface area contributed by atoms with Crippen LogP contribution >= 0.6 is 11.6 Å². The lowest BCUT2D eigenvalue weighted by molar-refractivity contribution is 0.113. The van der Waals surface area contributed by atoms with Crippen LogP contribution in [0.25, 0.3) is 12.2 Å². The molecule has 0 saturated carbocycles. The Hall–Kier alpha value is -2.69. The van der Waals surface area contributed by atoms with Gasteiger partial charge in [-0.3, -0.25) is 14.7 Å².